The Bertz CT molecular complexity index is 1050. The van der Waals surface area contributed by atoms with E-state index in [0.717, 1.165) is 0 Å². The summed E-state index contributed by atoms with van der Waals surface area (Å²) in [6.07, 6.45) is 9.76. The molecule has 7 heteroatoms. The average Bonchev–Trinajstić information content (AvgIpc) is 3.29. The molecule has 0 spiro atoms. The summed E-state index contributed by atoms with van der Waals surface area (Å²) < 4.78 is 1.58. The average molecular weight is 368 g/mol. The van der Waals surface area contributed by atoms with Gasteiger partial charge in [-0.1, -0.05) is 29.5 Å². The van der Waals surface area contributed by atoms with Crippen LogP contribution in [0.3, 0.4) is 0 Å². The van der Waals surface area contributed by atoms with Crippen LogP contribution in [0, 0.1) is 11.3 Å². The molecule has 0 aliphatic carbocycles. The Morgan fingerprint density at radius 3 is 2.21 bits per heavy atom. The van der Waals surface area contributed by atoms with E-state index >= 15 is 0 Å². The quantitative estimate of drug-likeness (QED) is 0.581. The van der Waals surface area contributed by atoms with E-state index < -0.39 is 11.6 Å². The highest BCUT2D eigenvalue weighted by atomic mass is 16.3. The van der Waals surface area contributed by atoms with E-state index in [9.17, 15) is 10.4 Å². The molecule has 3 heterocycles. The lowest BCUT2D eigenvalue weighted by atomic mass is 9.78. The van der Waals surface area contributed by atoms with Crippen LogP contribution in [0.1, 0.15) is 28.3 Å². The third-order valence-electron chi connectivity index (χ3n) is 4.64. The first-order chi connectivity index (χ1) is 13.7. The van der Waals surface area contributed by atoms with Crippen LogP contribution in [0.25, 0.3) is 0 Å². The van der Waals surface area contributed by atoms with Gasteiger partial charge in [0.1, 0.15) is 11.6 Å². The molecule has 28 heavy (non-hydrogen) atoms. The molecule has 4 rings (SSSR count). The van der Waals surface area contributed by atoms with Gasteiger partial charge in [-0.05, 0) is 29.8 Å². The van der Waals surface area contributed by atoms with Gasteiger partial charge in [-0.2, -0.15) is 5.26 Å². The molecule has 1 unspecified atom stereocenters. The molecule has 136 valence electrons. The molecular weight excluding hydrogens is 352 g/mol. The molecule has 1 aromatic carbocycles. The van der Waals surface area contributed by atoms with Crippen LogP contribution in [0.2, 0.25) is 0 Å². The van der Waals surface area contributed by atoms with Gasteiger partial charge in [-0.3, -0.25) is 9.97 Å². The largest absolute Gasteiger partial charge is 0.378 e. The predicted molar refractivity (Wildman–Crippen MR) is 101 cm³/mol. The molecule has 0 saturated heterocycles. The number of nitrogens with zero attached hydrogens (tertiary/aromatic N) is 6. The molecular formula is C21H16N6O. The number of aromatic nitrogens is 5. The van der Waals surface area contributed by atoms with Crippen molar-refractivity contribution < 1.29 is 5.11 Å². The van der Waals surface area contributed by atoms with Crippen molar-refractivity contribution in [1.29, 1.82) is 5.26 Å². The summed E-state index contributed by atoms with van der Waals surface area (Å²) in [7, 11) is 0. The second-order valence-electron chi connectivity index (χ2n) is 6.27. The number of pyridine rings is 2. The Morgan fingerprint density at radius 1 is 0.964 bits per heavy atom. The summed E-state index contributed by atoms with van der Waals surface area (Å²) in [6, 6.07) is 15.7. The van der Waals surface area contributed by atoms with E-state index in [2.05, 4.69) is 26.3 Å². The van der Waals surface area contributed by atoms with E-state index in [1.807, 2.05) is 6.07 Å². The zero-order valence-electron chi connectivity index (χ0n) is 14.8. The van der Waals surface area contributed by atoms with Crippen LogP contribution in [0.15, 0.2) is 85.7 Å². The van der Waals surface area contributed by atoms with Crippen LogP contribution < -0.4 is 0 Å². The number of hydrogen-bond acceptors (Lipinski definition) is 6. The maximum atomic E-state index is 12.2. The van der Waals surface area contributed by atoms with Crippen molar-refractivity contribution in [3.8, 4) is 6.07 Å². The number of hydrogen-bond donors (Lipinski definition) is 1. The number of nitriles is 1. The minimum absolute atomic E-state index is 0.488. The fourth-order valence-corrected chi connectivity index (χ4v) is 3.38. The van der Waals surface area contributed by atoms with Crippen LogP contribution in [-0.2, 0) is 5.60 Å². The SMILES string of the molecule is N#Cc1cccc(C(n2ccnn2)C(O)(c2cccnc2)c2cccnc2)c1. The Morgan fingerprint density at radius 2 is 1.68 bits per heavy atom. The molecule has 0 aliphatic rings. The topological polar surface area (TPSA) is 101 Å². The van der Waals surface area contributed by atoms with Crippen molar-refractivity contribution in [1.82, 2.24) is 25.0 Å². The van der Waals surface area contributed by atoms with E-state index in [4.69, 9.17) is 0 Å². The lowest BCUT2D eigenvalue weighted by Crippen LogP contribution is -2.39. The number of benzene rings is 1. The lowest BCUT2D eigenvalue weighted by Gasteiger charge is -2.37. The number of rotatable bonds is 5. The van der Waals surface area contributed by atoms with E-state index in [0.29, 0.717) is 22.3 Å². The minimum Gasteiger partial charge on any atom is -0.378 e. The summed E-state index contributed by atoms with van der Waals surface area (Å²) in [6.45, 7) is 0. The van der Waals surface area contributed by atoms with Crippen LogP contribution in [-0.4, -0.2) is 30.1 Å². The molecule has 0 amide bonds. The summed E-state index contributed by atoms with van der Waals surface area (Å²) in [5.41, 5.74) is 0.795. The molecule has 4 aromatic rings. The Labute approximate surface area is 161 Å². The van der Waals surface area contributed by atoms with Crippen molar-refractivity contribution in [2.24, 2.45) is 0 Å². The molecule has 3 aromatic heterocycles. The van der Waals surface area contributed by atoms with Crippen molar-refractivity contribution in [3.05, 3.63) is 108 Å². The molecule has 1 N–H and O–H groups in total. The molecule has 0 radical (unpaired) electrons. The monoisotopic (exact) mass is 368 g/mol. The molecule has 0 bridgehead atoms. The molecule has 7 nitrogen and oxygen atoms in total. The van der Waals surface area contributed by atoms with Crippen molar-refractivity contribution in [2.45, 2.75) is 11.6 Å². The van der Waals surface area contributed by atoms with Crippen molar-refractivity contribution in [2.75, 3.05) is 0 Å². The first-order valence-corrected chi connectivity index (χ1v) is 8.62. The van der Waals surface area contributed by atoms with Gasteiger partial charge in [-0.15, -0.1) is 5.10 Å². The van der Waals surface area contributed by atoms with E-state index in [1.165, 1.54) is 0 Å². The van der Waals surface area contributed by atoms with Crippen molar-refractivity contribution >= 4 is 0 Å². The highest BCUT2D eigenvalue weighted by Crippen LogP contribution is 2.42. The molecule has 0 fully saturated rings. The van der Waals surface area contributed by atoms with Crippen LogP contribution >= 0.6 is 0 Å². The van der Waals surface area contributed by atoms with Crippen molar-refractivity contribution in [3.63, 3.8) is 0 Å². The molecule has 0 saturated carbocycles. The normalized spacial score (nSPS) is 12.3. The third kappa shape index (κ3) is 3.02. The summed E-state index contributed by atoms with van der Waals surface area (Å²) >= 11 is 0. The zero-order valence-corrected chi connectivity index (χ0v) is 14.8. The Kier molecular flexibility index (Phi) is 4.62. The van der Waals surface area contributed by atoms with E-state index in [-0.39, 0.29) is 0 Å². The second kappa shape index (κ2) is 7.39. The molecule has 1 atom stereocenters. The summed E-state index contributed by atoms with van der Waals surface area (Å²) in [4.78, 5) is 8.38. The molecule has 0 aliphatic heterocycles. The summed E-state index contributed by atoms with van der Waals surface area (Å²) in [5.74, 6) is 0. The fourth-order valence-electron chi connectivity index (χ4n) is 3.38. The standard InChI is InChI=1S/C21H16N6O/c22-13-16-4-1-5-17(12-16)20(27-11-10-25-26-27)21(28,18-6-2-8-23-14-18)19-7-3-9-24-15-19/h1-12,14-15,20,28H. The minimum atomic E-state index is -1.55. The fraction of sp³-hybridized carbons (Fsp3) is 0.0952. The van der Waals surface area contributed by atoms with Gasteiger partial charge in [-0.25, -0.2) is 4.68 Å². The second-order valence-corrected chi connectivity index (χ2v) is 6.27. The predicted octanol–water partition coefficient (Wildman–Crippen LogP) is 2.47. The zero-order chi connectivity index (χ0) is 19.4. The Balaban J connectivity index is 2.01. The lowest BCUT2D eigenvalue weighted by molar-refractivity contribution is 0.0323. The third-order valence-corrected chi connectivity index (χ3v) is 4.64. The van der Waals surface area contributed by atoms with Gasteiger partial charge in [0.15, 0.2) is 0 Å². The maximum absolute atomic E-state index is 12.2. The summed E-state index contributed by atoms with van der Waals surface area (Å²) in [5, 5.41) is 29.6. The first-order valence-electron chi connectivity index (χ1n) is 8.62. The van der Waals surface area contributed by atoms with Gasteiger partial charge in [0.2, 0.25) is 0 Å². The highest BCUT2D eigenvalue weighted by molar-refractivity contribution is 5.42. The maximum Gasteiger partial charge on any atom is 0.144 e. The van der Waals surface area contributed by atoms with E-state index in [1.54, 1.807) is 84.3 Å². The Hall–Kier alpha value is -3.89. The van der Waals surface area contributed by atoms with Crippen LogP contribution in [0.4, 0.5) is 0 Å². The van der Waals surface area contributed by atoms with Crippen LogP contribution in [0.5, 0.6) is 0 Å². The van der Waals surface area contributed by atoms with Gasteiger partial charge in [0, 0.05) is 42.1 Å². The first kappa shape index (κ1) is 17.5. The number of aliphatic hydroxyl groups is 1. The highest BCUT2D eigenvalue weighted by Gasteiger charge is 2.43. The van der Waals surface area contributed by atoms with Gasteiger partial charge in [0.05, 0.1) is 17.8 Å². The van der Waals surface area contributed by atoms with Gasteiger partial charge >= 0.3 is 0 Å². The van der Waals surface area contributed by atoms with Gasteiger partial charge in [0.25, 0.3) is 0 Å². The van der Waals surface area contributed by atoms with Gasteiger partial charge < -0.3 is 5.11 Å². The smallest absolute Gasteiger partial charge is 0.144 e.